The molecule has 1 unspecified atom stereocenters. The second kappa shape index (κ2) is 7.62. The fourth-order valence-electron chi connectivity index (χ4n) is 3.08. The Balaban J connectivity index is 1.49. The number of ether oxygens (including phenoxy) is 1. The minimum absolute atomic E-state index is 0.124. The molecule has 0 aliphatic carbocycles. The lowest BCUT2D eigenvalue weighted by Crippen LogP contribution is -2.42. The van der Waals surface area contributed by atoms with E-state index in [4.69, 9.17) is 4.74 Å². The standard InChI is InChI=1S/C20H17BrFN3O2/c21-15-5-1-13(2-6-15)17-11-18(24-23-17)20(26)25-9-10-27-19(12-25)14-3-7-16(22)8-4-14/h1-8,11,19H,9-10,12H2,(H,23,24). The summed E-state index contributed by atoms with van der Waals surface area (Å²) in [7, 11) is 0. The molecule has 0 radical (unpaired) electrons. The molecule has 5 nitrogen and oxygen atoms in total. The van der Waals surface area contributed by atoms with Crippen LogP contribution >= 0.6 is 15.9 Å². The third kappa shape index (κ3) is 3.94. The Morgan fingerprint density at radius 1 is 1.19 bits per heavy atom. The van der Waals surface area contributed by atoms with Crippen LogP contribution in [0.3, 0.4) is 0 Å². The van der Waals surface area contributed by atoms with Crippen LogP contribution in [0.4, 0.5) is 4.39 Å². The molecule has 0 saturated carbocycles. The van der Waals surface area contributed by atoms with Gasteiger partial charge in [-0.3, -0.25) is 9.89 Å². The van der Waals surface area contributed by atoms with Crippen LogP contribution in [0, 0.1) is 5.82 Å². The number of benzene rings is 2. The lowest BCUT2D eigenvalue weighted by molar-refractivity contribution is -0.0230. The van der Waals surface area contributed by atoms with Gasteiger partial charge in [-0.25, -0.2) is 4.39 Å². The first kappa shape index (κ1) is 17.9. The van der Waals surface area contributed by atoms with E-state index in [0.717, 1.165) is 15.6 Å². The number of carbonyl (C=O) groups is 1. The van der Waals surface area contributed by atoms with Crippen molar-refractivity contribution in [2.24, 2.45) is 0 Å². The van der Waals surface area contributed by atoms with Gasteiger partial charge in [0.15, 0.2) is 0 Å². The largest absolute Gasteiger partial charge is 0.370 e. The number of morpholine rings is 1. The molecule has 1 aliphatic rings. The van der Waals surface area contributed by atoms with E-state index in [1.807, 2.05) is 24.3 Å². The zero-order valence-corrected chi connectivity index (χ0v) is 15.9. The third-order valence-electron chi connectivity index (χ3n) is 4.54. The van der Waals surface area contributed by atoms with E-state index in [0.29, 0.717) is 31.1 Å². The Morgan fingerprint density at radius 2 is 1.93 bits per heavy atom. The summed E-state index contributed by atoms with van der Waals surface area (Å²) in [5.74, 6) is -0.415. The summed E-state index contributed by atoms with van der Waals surface area (Å²) in [6.45, 7) is 1.35. The van der Waals surface area contributed by atoms with Gasteiger partial charge >= 0.3 is 0 Å². The van der Waals surface area contributed by atoms with Crippen LogP contribution in [0.5, 0.6) is 0 Å². The normalized spacial score (nSPS) is 17.1. The average molecular weight is 430 g/mol. The molecule has 1 aromatic heterocycles. The smallest absolute Gasteiger partial charge is 0.272 e. The van der Waals surface area contributed by atoms with Gasteiger partial charge in [-0.1, -0.05) is 40.2 Å². The van der Waals surface area contributed by atoms with Gasteiger partial charge in [0.25, 0.3) is 5.91 Å². The minimum Gasteiger partial charge on any atom is -0.370 e. The molecule has 1 amide bonds. The predicted octanol–water partition coefficient (Wildman–Crippen LogP) is 4.19. The summed E-state index contributed by atoms with van der Waals surface area (Å²) in [6.07, 6.45) is -0.267. The molecule has 0 spiro atoms. The minimum atomic E-state index is -0.291. The Labute approximate surface area is 164 Å². The molecule has 2 aromatic carbocycles. The molecule has 4 rings (SSSR count). The van der Waals surface area contributed by atoms with Crippen LogP contribution in [0.1, 0.15) is 22.2 Å². The second-order valence-electron chi connectivity index (χ2n) is 6.34. The number of hydrogen-bond donors (Lipinski definition) is 1. The van der Waals surface area contributed by atoms with Crippen LogP contribution in [0.25, 0.3) is 11.3 Å². The highest BCUT2D eigenvalue weighted by Crippen LogP contribution is 2.25. The van der Waals surface area contributed by atoms with Gasteiger partial charge in [-0.15, -0.1) is 0 Å². The molecule has 7 heteroatoms. The fourth-order valence-corrected chi connectivity index (χ4v) is 3.35. The van der Waals surface area contributed by atoms with Crippen molar-refractivity contribution in [2.45, 2.75) is 6.10 Å². The van der Waals surface area contributed by atoms with Crippen LogP contribution in [-0.4, -0.2) is 40.7 Å². The van der Waals surface area contributed by atoms with E-state index < -0.39 is 0 Å². The SMILES string of the molecule is O=C(c1cc(-c2ccc(Br)cc2)n[nH]1)N1CCOC(c2ccc(F)cc2)C1. The summed E-state index contributed by atoms with van der Waals surface area (Å²) in [6, 6.07) is 15.7. The first-order chi connectivity index (χ1) is 13.1. The molecular formula is C20H17BrFN3O2. The first-order valence-electron chi connectivity index (χ1n) is 8.58. The lowest BCUT2D eigenvalue weighted by Gasteiger charge is -2.32. The maximum Gasteiger partial charge on any atom is 0.272 e. The highest BCUT2D eigenvalue weighted by atomic mass is 79.9. The predicted molar refractivity (Wildman–Crippen MR) is 103 cm³/mol. The van der Waals surface area contributed by atoms with E-state index in [1.165, 1.54) is 12.1 Å². The fraction of sp³-hybridized carbons (Fsp3) is 0.200. The molecule has 1 fully saturated rings. The highest BCUT2D eigenvalue weighted by molar-refractivity contribution is 9.10. The van der Waals surface area contributed by atoms with Crippen molar-refractivity contribution in [2.75, 3.05) is 19.7 Å². The van der Waals surface area contributed by atoms with E-state index in [-0.39, 0.29) is 17.8 Å². The molecular weight excluding hydrogens is 413 g/mol. The number of rotatable bonds is 3. The number of amides is 1. The number of hydrogen-bond acceptors (Lipinski definition) is 3. The Bertz CT molecular complexity index is 941. The summed E-state index contributed by atoms with van der Waals surface area (Å²) >= 11 is 3.41. The van der Waals surface area contributed by atoms with E-state index in [9.17, 15) is 9.18 Å². The Hall–Kier alpha value is -2.51. The van der Waals surface area contributed by atoms with E-state index in [2.05, 4.69) is 26.1 Å². The van der Waals surface area contributed by atoms with Gasteiger partial charge in [0, 0.05) is 16.6 Å². The second-order valence-corrected chi connectivity index (χ2v) is 7.25. The lowest BCUT2D eigenvalue weighted by atomic mass is 10.1. The number of halogens is 2. The third-order valence-corrected chi connectivity index (χ3v) is 5.07. The average Bonchev–Trinajstić information content (AvgIpc) is 3.19. The van der Waals surface area contributed by atoms with Gasteiger partial charge in [0.2, 0.25) is 0 Å². The number of carbonyl (C=O) groups excluding carboxylic acids is 1. The molecule has 27 heavy (non-hydrogen) atoms. The number of nitrogens with zero attached hydrogens (tertiary/aromatic N) is 2. The monoisotopic (exact) mass is 429 g/mol. The molecule has 1 N–H and O–H groups in total. The van der Waals surface area contributed by atoms with E-state index in [1.54, 1.807) is 23.1 Å². The summed E-state index contributed by atoms with van der Waals surface area (Å²) in [5.41, 5.74) is 2.94. The quantitative estimate of drug-likeness (QED) is 0.678. The van der Waals surface area contributed by atoms with Crippen molar-refractivity contribution in [3.05, 3.63) is 76.1 Å². The van der Waals surface area contributed by atoms with Crippen LogP contribution in [0.2, 0.25) is 0 Å². The summed E-state index contributed by atoms with van der Waals surface area (Å²) in [5, 5.41) is 7.09. The van der Waals surface area contributed by atoms with Crippen molar-refractivity contribution in [1.82, 2.24) is 15.1 Å². The number of nitrogens with one attached hydrogen (secondary N) is 1. The van der Waals surface area contributed by atoms with E-state index >= 15 is 0 Å². The zero-order valence-electron chi connectivity index (χ0n) is 14.4. The highest BCUT2D eigenvalue weighted by Gasteiger charge is 2.27. The van der Waals surface area contributed by atoms with Gasteiger partial charge in [0.05, 0.1) is 18.8 Å². The molecule has 0 bridgehead atoms. The maximum atomic E-state index is 13.1. The molecule has 2 heterocycles. The van der Waals surface area contributed by atoms with Gasteiger partial charge < -0.3 is 9.64 Å². The number of aromatic amines is 1. The van der Waals surface area contributed by atoms with Crippen molar-refractivity contribution in [3.63, 3.8) is 0 Å². The number of H-pyrrole nitrogens is 1. The molecule has 138 valence electrons. The van der Waals surface area contributed by atoms with Crippen molar-refractivity contribution in [1.29, 1.82) is 0 Å². The van der Waals surface area contributed by atoms with Gasteiger partial charge in [0.1, 0.15) is 17.6 Å². The molecule has 1 saturated heterocycles. The van der Waals surface area contributed by atoms with Crippen molar-refractivity contribution in [3.8, 4) is 11.3 Å². The van der Waals surface area contributed by atoms with Crippen molar-refractivity contribution >= 4 is 21.8 Å². The first-order valence-corrected chi connectivity index (χ1v) is 9.37. The molecule has 1 atom stereocenters. The summed E-state index contributed by atoms with van der Waals surface area (Å²) in [4.78, 5) is 14.6. The molecule has 1 aliphatic heterocycles. The topological polar surface area (TPSA) is 58.2 Å². The van der Waals surface area contributed by atoms with Gasteiger partial charge in [-0.2, -0.15) is 5.10 Å². The Morgan fingerprint density at radius 3 is 2.67 bits per heavy atom. The molecule has 3 aromatic rings. The zero-order chi connectivity index (χ0) is 18.8. The van der Waals surface area contributed by atoms with Gasteiger partial charge in [-0.05, 0) is 35.9 Å². The Kier molecular flexibility index (Phi) is 5.05. The van der Waals surface area contributed by atoms with Crippen LogP contribution in [0.15, 0.2) is 59.1 Å². The van der Waals surface area contributed by atoms with Crippen LogP contribution < -0.4 is 0 Å². The summed E-state index contributed by atoms with van der Waals surface area (Å²) < 4.78 is 19.9. The van der Waals surface area contributed by atoms with Crippen LogP contribution in [-0.2, 0) is 4.74 Å². The maximum absolute atomic E-state index is 13.1. The number of aromatic nitrogens is 2. The van der Waals surface area contributed by atoms with Crippen molar-refractivity contribution < 1.29 is 13.9 Å².